The van der Waals surface area contributed by atoms with Gasteiger partial charge in [0.05, 0.1) is 0 Å². The van der Waals surface area contributed by atoms with Crippen molar-refractivity contribution in [3.8, 4) is 6.07 Å². The molecule has 0 rings (SSSR count). The summed E-state index contributed by atoms with van der Waals surface area (Å²) < 4.78 is 4.31. The highest BCUT2D eigenvalue weighted by Crippen LogP contribution is 2.02. The SMILES string of the molecule is CC(C)(O)C(=O)OCC#N. The summed E-state index contributed by atoms with van der Waals surface area (Å²) in [7, 11) is 0. The Morgan fingerprint density at radius 2 is 2.30 bits per heavy atom. The zero-order valence-corrected chi connectivity index (χ0v) is 5.92. The zero-order valence-electron chi connectivity index (χ0n) is 5.92. The number of nitriles is 1. The average molecular weight is 143 g/mol. The Morgan fingerprint density at radius 1 is 1.80 bits per heavy atom. The lowest BCUT2D eigenvalue weighted by molar-refractivity contribution is -0.160. The van der Waals surface area contributed by atoms with E-state index in [9.17, 15) is 4.79 Å². The summed E-state index contributed by atoms with van der Waals surface area (Å²) in [5.74, 6) is -0.783. The molecule has 4 nitrogen and oxygen atoms in total. The van der Waals surface area contributed by atoms with Crippen LogP contribution in [0.15, 0.2) is 0 Å². The quantitative estimate of drug-likeness (QED) is 0.544. The topological polar surface area (TPSA) is 70.3 Å². The first-order chi connectivity index (χ1) is 4.48. The maximum Gasteiger partial charge on any atom is 0.338 e. The Balaban J connectivity index is 3.78. The van der Waals surface area contributed by atoms with Crippen LogP contribution in [-0.4, -0.2) is 23.3 Å². The van der Waals surface area contributed by atoms with Gasteiger partial charge < -0.3 is 9.84 Å². The van der Waals surface area contributed by atoms with Gasteiger partial charge in [-0.05, 0) is 13.8 Å². The average Bonchev–Trinajstić information content (AvgIpc) is 1.80. The van der Waals surface area contributed by atoms with Gasteiger partial charge in [0, 0.05) is 0 Å². The molecule has 0 heterocycles. The van der Waals surface area contributed by atoms with Crippen LogP contribution in [0, 0.1) is 11.3 Å². The molecule has 0 amide bonds. The minimum atomic E-state index is -1.50. The largest absolute Gasteiger partial charge is 0.448 e. The van der Waals surface area contributed by atoms with Gasteiger partial charge in [-0.25, -0.2) is 4.79 Å². The first-order valence-corrected chi connectivity index (χ1v) is 2.75. The van der Waals surface area contributed by atoms with Crippen LogP contribution in [0.5, 0.6) is 0 Å². The minimum Gasteiger partial charge on any atom is -0.448 e. The molecule has 0 radical (unpaired) electrons. The molecule has 0 aromatic rings. The smallest absolute Gasteiger partial charge is 0.338 e. The highest BCUT2D eigenvalue weighted by atomic mass is 16.5. The normalized spacial score (nSPS) is 10.2. The molecule has 0 spiro atoms. The fourth-order valence-electron chi connectivity index (χ4n) is 0.274. The maximum atomic E-state index is 10.6. The minimum absolute atomic E-state index is 0.317. The number of rotatable bonds is 2. The van der Waals surface area contributed by atoms with Gasteiger partial charge in [0.25, 0.3) is 0 Å². The molecular weight excluding hydrogens is 134 g/mol. The van der Waals surface area contributed by atoms with Gasteiger partial charge in [-0.15, -0.1) is 0 Å². The molecule has 0 aliphatic rings. The third kappa shape index (κ3) is 3.05. The van der Waals surface area contributed by atoms with E-state index < -0.39 is 11.6 Å². The van der Waals surface area contributed by atoms with Gasteiger partial charge in [0.2, 0.25) is 0 Å². The fraction of sp³-hybridized carbons (Fsp3) is 0.667. The second-order valence-corrected chi connectivity index (χ2v) is 2.29. The van der Waals surface area contributed by atoms with Crippen LogP contribution >= 0.6 is 0 Å². The van der Waals surface area contributed by atoms with E-state index >= 15 is 0 Å². The Labute approximate surface area is 59.0 Å². The highest BCUT2D eigenvalue weighted by molar-refractivity contribution is 5.78. The van der Waals surface area contributed by atoms with Crippen molar-refractivity contribution < 1.29 is 14.6 Å². The monoisotopic (exact) mass is 143 g/mol. The number of ether oxygens (including phenoxy) is 1. The van der Waals surface area contributed by atoms with E-state index in [4.69, 9.17) is 10.4 Å². The maximum absolute atomic E-state index is 10.6. The fourth-order valence-corrected chi connectivity index (χ4v) is 0.274. The van der Waals surface area contributed by atoms with E-state index in [2.05, 4.69) is 4.74 Å². The summed E-state index contributed by atoms with van der Waals surface area (Å²) in [4.78, 5) is 10.6. The summed E-state index contributed by atoms with van der Waals surface area (Å²) in [6, 6.07) is 1.62. The highest BCUT2D eigenvalue weighted by Gasteiger charge is 2.25. The Kier molecular flexibility index (Phi) is 2.84. The van der Waals surface area contributed by atoms with Crippen LogP contribution in [0.1, 0.15) is 13.8 Å². The van der Waals surface area contributed by atoms with Crippen LogP contribution < -0.4 is 0 Å². The molecule has 0 saturated heterocycles. The number of esters is 1. The van der Waals surface area contributed by atoms with Crippen LogP contribution in [0.2, 0.25) is 0 Å². The summed E-state index contributed by atoms with van der Waals surface area (Å²) in [5, 5.41) is 16.9. The van der Waals surface area contributed by atoms with E-state index in [1.54, 1.807) is 6.07 Å². The molecule has 0 atom stereocenters. The van der Waals surface area contributed by atoms with E-state index in [0.29, 0.717) is 0 Å². The van der Waals surface area contributed by atoms with Crippen LogP contribution in [0.25, 0.3) is 0 Å². The Morgan fingerprint density at radius 3 is 2.60 bits per heavy atom. The molecule has 0 saturated carbocycles. The lowest BCUT2D eigenvalue weighted by Crippen LogP contribution is -2.33. The molecule has 0 aliphatic carbocycles. The Hall–Kier alpha value is -1.08. The first kappa shape index (κ1) is 8.92. The number of carbonyl (C=O) groups excluding carboxylic acids is 1. The van der Waals surface area contributed by atoms with E-state index in [1.165, 1.54) is 13.8 Å². The predicted molar refractivity (Wildman–Crippen MR) is 32.9 cm³/mol. The van der Waals surface area contributed by atoms with Crippen molar-refractivity contribution >= 4 is 5.97 Å². The van der Waals surface area contributed by atoms with Gasteiger partial charge in [-0.1, -0.05) is 0 Å². The molecule has 1 N–H and O–H groups in total. The summed E-state index contributed by atoms with van der Waals surface area (Å²) in [6.07, 6.45) is 0. The van der Waals surface area contributed by atoms with Gasteiger partial charge in [-0.2, -0.15) is 5.26 Å². The second kappa shape index (κ2) is 3.18. The molecule has 4 heteroatoms. The third-order valence-corrected chi connectivity index (χ3v) is 0.767. The van der Waals surface area contributed by atoms with Gasteiger partial charge >= 0.3 is 5.97 Å². The molecule has 0 aromatic carbocycles. The van der Waals surface area contributed by atoms with Gasteiger partial charge in [-0.3, -0.25) is 0 Å². The third-order valence-electron chi connectivity index (χ3n) is 0.767. The van der Waals surface area contributed by atoms with Gasteiger partial charge in [0.1, 0.15) is 6.07 Å². The first-order valence-electron chi connectivity index (χ1n) is 2.75. The van der Waals surface area contributed by atoms with Crippen molar-refractivity contribution in [2.45, 2.75) is 19.4 Å². The van der Waals surface area contributed by atoms with E-state index in [0.717, 1.165) is 0 Å². The molecule has 0 bridgehead atoms. The van der Waals surface area contributed by atoms with E-state index in [-0.39, 0.29) is 6.61 Å². The lowest BCUT2D eigenvalue weighted by atomic mass is 10.1. The molecule has 0 aromatic heterocycles. The second-order valence-electron chi connectivity index (χ2n) is 2.29. The van der Waals surface area contributed by atoms with Crippen LogP contribution in [0.3, 0.4) is 0 Å². The lowest BCUT2D eigenvalue weighted by Gasteiger charge is -2.13. The van der Waals surface area contributed by atoms with Crippen molar-refractivity contribution in [1.29, 1.82) is 5.26 Å². The molecule has 10 heavy (non-hydrogen) atoms. The van der Waals surface area contributed by atoms with Crippen molar-refractivity contribution in [2.24, 2.45) is 0 Å². The van der Waals surface area contributed by atoms with Crippen molar-refractivity contribution in [3.63, 3.8) is 0 Å². The van der Waals surface area contributed by atoms with Gasteiger partial charge in [0.15, 0.2) is 12.2 Å². The molecule has 0 aliphatic heterocycles. The van der Waals surface area contributed by atoms with Crippen molar-refractivity contribution in [3.05, 3.63) is 0 Å². The van der Waals surface area contributed by atoms with Crippen LogP contribution in [-0.2, 0) is 9.53 Å². The summed E-state index contributed by atoms with van der Waals surface area (Å²) in [6.45, 7) is 2.28. The van der Waals surface area contributed by atoms with Crippen molar-refractivity contribution in [1.82, 2.24) is 0 Å². The van der Waals surface area contributed by atoms with E-state index in [1.807, 2.05) is 0 Å². The number of hydrogen-bond acceptors (Lipinski definition) is 4. The summed E-state index contributed by atoms with van der Waals surface area (Å²) >= 11 is 0. The molecule has 0 fully saturated rings. The zero-order chi connectivity index (χ0) is 8.20. The van der Waals surface area contributed by atoms with Crippen molar-refractivity contribution in [2.75, 3.05) is 6.61 Å². The number of hydrogen-bond donors (Lipinski definition) is 1. The molecular formula is C6H9NO3. The number of nitrogens with zero attached hydrogens (tertiary/aromatic N) is 1. The molecule has 0 unspecified atom stereocenters. The number of aliphatic hydroxyl groups is 1. The standard InChI is InChI=1S/C6H9NO3/c1-6(2,9)5(8)10-4-3-7/h9H,4H2,1-2H3. The summed E-state index contributed by atoms with van der Waals surface area (Å²) in [5.41, 5.74) is -1.50. The predicted octanol–water partition coefficient (Wildman–Crippen LogP) is -0.176. The Bertz CT molecular complexity index is 163. The molecule has 56 valence electrons. The van der Waals surface area contributed by atoms with Crippen LogP contribution in [0.4, 0.5) is 0 Å². The number of carbonyl (C=O) groups is 1.